The minimum Gasteiger partial charge on any atom is -0.480 e. The minimum atomic E-state index is -1.10. The minimum absolute atomic E-state index is 0.166. The number of rotatable bonds is 6. The Bertz CT molecular complexity index is 594. The Morgan fingerprint density at radius 2 is 2.14 bits per heavy atom. The van der Waals surface area contributed by atoms with Crippen LogP contribution in [-0.2, 0) is 9.59 Å². The van der Waals surface area contributed by atoms with E-state index in [1.165, 1.54) is 12.2 Å². The van der Waals surface area contributed by atoms with E-state index < -0.39 is 17.9 Å². The van der Waals surface area contributed by atoms with Gasteiger partial charge in [-0.3, -0.25) is 4.79 Å². The van der Waals surface area contributed by atoms with Crippen LogP contribution in [0.2, 0.25) is 0 Å². The highest BCUT2D eigenvalue weighted by Crippen LogP contribution is 2.32. The summed E-state index contributed by atoms with van der Waals surface area (Å²) in [7, 11) is 0. The molecule has 6 heteroatoms. The molecule has 0 aromatic heterocycles. The van der Waals surface area contributed by atoms with Crippen LogP contribution < -0.4 is 14.8 Å². The smallest absolute Gasteiger partial charge is 0.326 e. The second-order valence-electron chi connectivity index (χ2n) is 4.37. The number of carbonyl (C=O) groups is 2. The van der Waals surface area contributed by atoms with E-state index in [0.29, 0.717) is 11.5 Å². The van der Waals surface area contributed by atoms with Crippen LogP contribution in [0.3, 0.4) is 0 Å². The van der Waals surface area contributed by atoms with E-state index in [1.54, 1.807) is 24.3 Å². The van der Waals surface area contributed by atoms with E-state index >= 15 is 0 Å². The zero-order chi connectivity index (χ0) is 15.2. The van der Waals surface area contributed by atoms with Crippen molar-refractivity contribution in [3.8, 4) is 11.5 Å². The molecule has 1 amide bonds. The zero-order valence-corrected chi connectivity index (χ0v) is 11.2. The molecule has 6 nitrogen and oxygen atoms in total. The van der Waals surface area contributed by atoms with Gasteiger partial charge < -0.3 is 19.9 Å². The van der Waals surface area contributed by atoms with Gasteiger partial charge in [-0.25, -0.2) is 4.79 Å². The number of fused-ring (bicyclic) bond motifs is 1. The number of carboxylic acids is 1. The predicted octanol–water partition coefficient (Wildman–Crippen LogP) is 1.57. The molecule has 0 saturated heterocycles. The molecule has 0 fully saturated rings. The fraction of sp³-hybridized carbons (Fsp3) is 0.200. The van der Waals surface area contributed by atoms with Crippen LogP contribution >= 0.6 is 0 Å². The Balaban J connectivity index is 1.98. The molecule has 0 saturated carbocycles. The van der Waals surface area contributed by atoms with Crippen molar-refractivity contribution in [3.63, 3.8) is 0 Å². The van der Waals surface area contributed by atoms with Gasteiger partial charge in [0.2, 0.25) is 12.7 Å². The first-order chi connectivity index (χ1) is 10.1. The van der Waals surface area contributed by atoms with E-state index in [-0.39, 0.29) is 13.2 Å². The van der Waals surface area contributed by atoms with Crippen LogP contribution in [0.5, 0.6) is 11.5 Å². The molecule has 1 aliphatic rings. The maximum absolute atomic E-state index is 11.7. The van der Waals surface area contributed by atoms with Gasteiger partial charge in [0, 0.05) is 6.08 Å². The molecule has 1 unspecified atom stereocenters. The van der Waals surface area contributed by atoms with Crippen molar-refractivity contribution in [2.45, 2.75) is 12.5 Å². The standard InChI is InChI=1S/C15H15NO5/c1-2-3-11(15(18)19)16-14(17)7-5-10-4-6-12-13(8-10)21-9-20-12/h2,4-8,11H,1,3,9H2,(H,16,17)(H,18,19)/b7-5+. The van der Waals surface area contributed by atoms with Crippen LogP contribution in [-0.4, -0.2) is 29.8 Å². The molecule has 1 aromatic carbocycles. The molecular weight excluding hydrogens is 274 g/mol. The number of carbonyl (C=O) groups excluding carboxylic acids is 1. The average molecular weight is 289 g/mol. The lowest BCUT2D eigenvalue weighted by Gasteiger charge is -2.10. The number of nitrogens with one attached hydrogen (secondary N) is 1. The van der Waals surface area contributed by atoms with Gasteiger partial charge in [-0.15, -0.1) is 6.58 Å². The normalized spacial score (nSPS) is 13.9. The molecule has 2 N–H and O–H groups in total. The molecule has 21 heavy (non-hydrogen) atoms. The topological polar surface area (TPSA) is 84.9 Å². The summed E-state index contributed by atoms with van der Waals surface area (Å²) in [5.41, 5.74) is 0.755. The molecule has 0 aliphatic carbocycles. The maximum Gasteiger partial charge on any atom is 0.326 e. The number of carboxylic acid groups (broad SMARTS) is 1. The molecule has 2 rings (SSSR count). The van der Waals surface area contributed by atoms with E-state index in [0.717, 1.165) is 5.56 Å². The summed E-state index contributed by atoms with van der Waals surface area (Å²) in [5.74, 6) is -0.303. The first kappa shape index (κ1) is 14.6. The van der Waals surface area contributed by atoms with Crippen molar-refractivity contribution in [2.24, 2.45) is 0 Å². The summed E-state index contributed by atoms with van der Waals surface area (Å²) in [6.45, 7) is 3.64. The van der Waals surface area contributed by atoms with Crippen molar-refractivity contribution in [2.75, 3.05) is 6.79 Å². The Morgan fingerprint density at radius 1 is 1.38 bits per heavy atom. The van der Waals surface area contributed by atoms with Crippen LogP contribution in [0.15, 0.2) is 36.9 Å². The molecule has 1 heterocycles. The summed E-state index contributed by atoms with van der Waals surface area (Å²) in [6.07, 6.45) is 4.46. The first-order valence-corrected chi connectivity index (χ1v) is 6.32. The number of hydrogen-bond donors (Lipinski definition) is 2. The highest BCUT2D eigenvalue weighted by molar-refractivity contribution is 5.94. The van der Waals surface area contributed by atoms with Crippen LogP contribution in [0, 0.1) is 0 Å². The SMILES string of the molecule is C=CCC(NC(=O)/C=C/c1ccc2c(c1)OCO2)C(=O)O. The quantitative estimate of drug-likeness (QED) is 0.613. The van der Waals surface area contributed by atoms with Crippen molar-refractivity contribution in [1.82, 2.24) is 5.32 Å². The Kier molecular flexibility index (Phi) is 4.61. The summed E-state index contributed by atoms with van der Waals surface area (Å²) in [4.78, 5) is 22.6. The summed E-state index contributed by atoms with van der Waals surface area (Å²) < 4.78 is 10.4. The third-order valence-corrected chi connectivity index (χ3v) is 2.84. The van der Waals surface area contributed by atoms with Gasteiger partial charge >= 0.3 is 5.97 Å². The molecule has 0 radical (unpaired) electrons. The Morgan fingerprint density at radius 3 is 2.86 bits per heavy atom. The molecule has 1 aromatic rings. The van der Waals surface area contributed by atoms with Gasteiger partial charge in [-0.05, 0) is 30.2 Å². The highest BCUT2D eigenvalue weighted by atomic mass is 16.7. The molecule has 110 valence electrons. The van der Waals surface area contributed by atoms with E-state index in [1.807, 2.05) is 0 Å². The lowest BCUT2D eigenvalue weighted by Crippen LogP contribution is -2.39. The van der Waals surface area contributed by atoms with Crippen molar-refractivity contribution in [3.05, 3.63) is 42.5 Å². The van der Waals surface area contributed by atoms with E-state index in [2.05, 4.69) is 11.9 Å². The lowest BCUT2D eigenvalue weighted by molar-refractivity contribution is -0.141. The largest absolute Gasteiger partial charge is 0.480 e. The molecule has 0 spiro atoms. The second kappa shape index (κ2) is 6.60. The molecule has 1 atom stereocenters. The van der Waals surface area contributed by atoms with Gasteiger partial charge in [0.1, 0.15) is 6.04 Å². The van der Waals surface area contributed by atoms with Gasteiger partial charge in [-0.2, -0.15) is 0 Å². The number of benzene rings is 1. The number of aliphatic carboxylic acids is 1. The van der Waals surface area contributed by atoms with Crippen molar-refractivity contribution >= 4 is 18.0 Å². The number of hydrogen-bond acceptors (Lipinski definition) is 4. The van der Waals surface area contributed by atoms with Crippen LogP contribution in [0.1, 0.15) is 12.0 Å². The third kappa shape index (κ3) is 3.85. The summed E-state index contributed by atoms with van der Waals surface area (Å²) in [5, 5.41) is 11.3. The highest BCUT2D eigenvalue weighted by Gasteiger charge is 2.17. The monoisotopic (exact) mass is 289 g/mol. The summed E-state index contributed by atoms with van der Waals surface area (Å²) in [6, 6.07) is 4.29. The number of ether oxygens (including phenoxy) is 2. The number of amides is 1. The van der Waals surface area contributed by atoms with Crippen LogP contribution in [0.4, 0.5) is 0 Å². The zero-order valence-electron chi connectivity index (χ0n) is 11.2. The Labute approximate surface area is 121 Å². The predicted molar refractivity (Wildman–Crippen MR) is 76.0 cm³/mol. The van der Waals surface area contributed by atoms with Crippen molar-refractivity contribution in [1.29, 1.82) is 0 Å². The second-order valence-corrected chi connectivity index (χ2v) is 4.37. The fourth-order valence-electron chi connectivity index (χ4n) is 1.80. The average Bonchev–Trinajstić information content (AvgIpc) is 2.92. The van der Waals surface area contributed by atoms with E-state index in [4.69, 9.17) is 14.6 Å². The molecule has 1 aliphatic heterocycles. The van der Waals surface area contributed by atoms with Gasteiger partial charge in [0.15, 0.2) is 11.5 Å². The summed E-state index contributed by atoms with van der Waals surface area (Å²) >= 11 is 0. The fourth-order valence-corrected chi connectivity index (χ4v) is 1.80. The van der Waals surface area contributed by atoms with Gasteiger partial charge in [0.25, 0.3) is 0 Å². The van der Waals surface area contributed by atoms with Gasteiger partial charge in [0.05, 0.1) is 0 Å². The van der Waals surface area contributed by atoms with Crippen LogP contribution in [0.25, 0.3) is 6.08 Å². The van der Waals surface area contributed by atoms with Crippen molar-refractivity contribution < 1.29 is 24.2 Å². The maximum atomic E-state index is 11.7. The molecular formula is C15H15NO5. The van der Waals surface area contributed by atoms with E-state index in [9.17, 15) is 9.59 Å². The lowest BCUT2D eigenvalue weighted by atomic mass is 10.1. The molecule has 0 bridgehead atoms. The Hall–Kier alpha value is -2.76. The van der Waals surface area contributed by atoms with Gasteiger partial charge in [-0.1, -0.05) is 12.1 Å². The third-order valence-electron chi connectivity index (χ3n) is 2.84. The first-order valence-electron chi connectivity index (χ1n) is 6.32.